The lowest BCUT2D eigenvalue weighted by atomic mass is 10.2. The van der Waals surface area contributed by atoms with Crippen LogP contribution in [0.2, 0.25) is 0 Å². The molecule has 2 unspecified atom stereocenters. The number of hydrogen-bond donors (Lipinski definition) is 2. The second kappa shape index (κ2) is 18.3. The van der Waals surface area contributed by atoms with Gasteiger partial charge in [-0.2, -0.15) is 26.3 Å². The molecule has 212 valence electrons. The molecule has 0 spiro atoms. The van der Waals surface area contributed by atoms with Gasteiger partial charge in [0.2, 0.25) is 0 Å². The first kappa shape index (κ1) is 35.1. The third-order valence-electron chi connectivity index (χ3n) is 3.56. The van der Waals surface area contributed by atoms with Gasteiger partial charge in [0.1, 0.15) is 25.3 Å². The molecule has 0 aliphatic heterocycles. The molecule has 0 aliphatic carbocycles. The van der Waals surface area contributed by atoms with Crippen molar-refractivity contribution in [1.82, 2.24) is 10.6 Å². The molecule has 0 aromatic carbocycles. The highest BCUT2D eigenvalue weighted by molar-refractivity contribution is 5.81. The number of hydrogen-bond acceptors (Lipinski definition) is 10. The molecule has 0 rings (SSSR count). The van der Waals surface area contributed by atoms with Crippen molar-refractivity contribution in [3.8, 4) is 0 Å². The summed E-state index contributed by atoms with van der Waals surface area (Å²) in [5, 5.41) is 4.24. The molecule has 2 amide bonds. The fourth-order valence-electron chi connectivity index (χ4n) is 1.96. The van der Waals surface area contributed by atoms with Gasteiger partial charge < -0.3 is 39.1 Å². The Morgan fingerprint density at radius 2 is 0.917 bits per heavy atom. The summed E-state index contributed by atoms with van der Waals surface area (Å²) in [6, 6.07) is -2.23. The molecule has 36 heavy (non-hydrogen) atoms. The van der Waals surface area contributed by atoms with Crippen LogP contribution < -0.4 is 10.6 Å². The third-order valence-corrected chi connectivity index (χ3v) is 3.56. The summed E-state index contributed by atoms with van der Waals surface area (Å²) in [7, 11) is 4.35. The number of ether oxygens (including phenoxy) is 6. The van der Waals surface area contributed by atoms with Gasteiger partial charge in [-0.15, -0.1) is 0 Å². The highest BCUT2D eigenvalue weighted by Gasteiger charge is 2.29. The molecule has 0 aliphatic rings. The Hall–Kier alpha value is -3.02. The SMILES string of the molecule is COC(=O)NC(CCOCC(F)(F)F)C(=O)OC.COC(=O)NC(CCOCC(F)(F)F)C(=O)OC. The molecule has 0 heterocycles. The van der Waals surface area contributed by atoms with Gasteiger partial charge in [-0.1, -0.05) is 0 Å². The number of amides is 2. The van der Waals surface area contributed by atoms with Crippen LogP contribution in [0, 0.1) is 0 Å². The van der Waals surface area contributed by atoms with Crippen molar-refractivity contribution in [2.75, 3.05) is 54.9 Å². The highest BCUT2D eigenvalue weighted by Crippen LogP contribution is 2.15. The van der Waals surface area contributed by atoms with Crippen molar-refractivity contribution in [1.29, 1.82) is 0 Å². The van der Waals surface area contributed by atoms with E-state index in [1.54, 1.807) is 0 Å². The topological polar surface area (TPSA) is 148 Å². The minimum absolute atomic E-state index is 0.155. The van der Waals surface area contributed by atoms with Gasteiger partial charge in [-0.25, -0.2) is 19.2 Å². The van der Waals surface area contributed by atoms with Crippen LogP contribution in [0.4, 0.5) is 35.9 Å². The van der Waals surface area contributed by atoms with E-state index >= 15 is 0 Å². The number of esters is 2. The first-order valence-corrected chi connectivity index (χ1v) is 9.73. The molecule has 0 aromatic rings. The maximum Gasteiger partial charge on any atom is 0.411 e. The largest absolute Gasteiger partial charge is 0.467 e. The Kier molecular flexibility index (Phi) is 17.8. The molecule has 0 saturated heterocycles. The molecule has 12 nitrogen and oxygen atoms in total. The van der Waals surface area contributed by atoms with Crippen LogP contribution in [0.15, 0.2) is 0 Å². The summed E-state index contributed by atoms with van der Waals surface area (Å²) >= 11 is 0. The van der Waals surface area contributed by atoms with Gasteiger partial charge >= 0.3 is 36.5 Å². The summed E-state index contributed by atoms with van der Waals surface area (Å²) in [5.41, 5.74) is 0. The number of alkyl halides is 6. The zero-order valence-corrected chi connectivity index (χ0v) is 19.7. The lowest BCUT2D eigenvalue weighted by molar-refractivity contribution is -0.175. The van der Waals surface area contributed by atoms with E-state index in [4.69, 9.17) is 0 Å². The van der Waals surface area contributed by atoms with Crippen molar-refractivity contribution >= 4 is 24.1 Å². The molecule has 0 radical (unpaired) electrons. The maximum absolute atomic E-state index is 11.8. The Balaban J connectivity index is 0. The van der Waals surface area contributed by atoms with Crippen molar-refractivity contribution in [2.24, 2.45) is 0 Å². The fraction of sp³-hybridized carbons (Fsp3) is 0.778. The Bertz CT molecular complexity index is 620. The molecule has 2 N–H and O–H groups in total. The Labute approximate surface area is 201 Å². The molecule has 2 atom stereocenters. The van der Waals surface area contributed by atoms with Crippen LogP contribution in [0.1, 0.15) is 12.8 Å². The second-order valence-corrected chi connectivity index (χ2v) is 6.34. The smallest absolute Gasteiger partial charge is 0.411 e. The number of rotatable bonds is 12. The molecular formula is C18H28F6N2O10. The monoisotopic (exact) mass is 546 g/mol. The molecule has 18 heteroatoms. The zero-order valence-electron chi connectivity index (χ0n) is 19.7. The summed E-state index contributed by atoms with van der Waals surface area (Å²) in [4.78, 5) is 44.1. The molecule has 0 bridgehead atoms. The van der Waals surface area contributed by atoms with E-state index in [1.807, 2.05) is 0 Å². The number of carbonyl (C=O) groups excluding carboxylic acids is 4. The minimum atomic E-state index is -4.43. The van der Waals surface area contributed by atoms with Crippen molar-refractivity contribution in [3.63, 3.8) is 0 Å². The van der Waals surface area contributed by atoms with E-state index < -0.39 is 61.8 Å². The zero-order chi connectivity index (χ0) is 28.4. The fourth-order valence-corrected chi connectivity index (χ4v) is 1.96. The van der Waals surface area contributed by atoms with Crippen LogP contribution in [0.25, 0.3) is 0 Å². The van der Waals surface area contributed by atoms with Gasteiger partial charge in [0.25, 0.3) is 0 Å². The number of nitrogens with one attached hydrogen (secondary N) is 2. The van der Waals surface area contributed by atoms with Crippen LogP contribution in [-0.2, 0) is 38.0 Å². The number of halogens is 6. The average Bonchev–Trinajstić information content (AvgIpc) is 2.80. The second-order valence-electron chi connectivity index (χ2n) is 6.34. The van der Waals surface area contributed by atoms with Crippen LogP contribution in [0.5, 0.6) is 0 Å². The van der Waals surface area contributed by atoms with Crippen LogP contribution in [0.3, 0.4) is 0 Å². The highest BCUT2D eigenvalue weighted by atomic mass is 19.4. The van der Waals surface area contributed by atoms with E-state index in [0.29, 0.717) is 0 Å². The Morgan fingerprint density at radius 3 is 1.14 bits per heavy atom. The van der Waals surface area contributed by atoms with Gasteiger partial charge in [-0.05, 0) is 0 Å². The lowest BCUT2D eigenvalue weighted by Crippen LogP contribution is -2.42. The van der Waals surface area contributed by atoms with Crippen molar-refractivity contribution < 1.29 is 73.9 Å². The normalized spacial score (nSPS) is 12.7. The summed E-state index contributed by atoms with van der Waals surface area (Å²) in [6.07, 6.45) is -11.0. The summed E-state index contributed by atoms with van der Waals surface area (Å²) < 4.78 is 96.5. The number of alkyl carbamates (subject to hydrolysis) is 2. The molecular weight excluding hydrogens is 518 g/mol. The lowest BCUT2D eigenvalue weighted by Gasteiger charge is -2.15. The average molecular weight is 546 g/mol. The summed E-state index contributed by atoms with van der Waals surface area (Å²) in [6.45, 7) is -3.55. The molecule has 0 fully saturated rings. The molecule has 0 aromatic heterocycles. The van der Waals surface area contributed by atoms with Gasteiger partial charge in [0, 0.05) is 26.1 Å². The maximum atomic E-state index is 11.8. The number of carbonyl (C=O) groups is 4. The third kappa shape index (κ3) is 20.4. The van der Waals surface area contributed by atoms with Gasteiger partial charge in [0.15, 0.2) is 0 Å². The van der Waals surface area contributed by atoms with E-state index in [2.05, 4.69) is 39.1 Å². The van der Waals surface area contributed by atoms with Gasteiger partial charge in [0.05, 0.1) is 28.4 Å². The predicted molar refractivity (Wildman–Crippen MR) is 106 cm³/mol. The number of methoxy groups -OCH3 is 4. The quantitative estimate of drug-likeness (QED) is 0.160. The minimum Gasteiger partial charge on any atom is -0.467 e. The summed E-state index contributed by atoms with van der Waals surface area (Å²) in [5.74, 6) is -1.59. The van der Waals surface area contributed by atoms with Crippen molar-refractivity contribution in [3.05, 3.63) is 0 Å². The Morgan fingerprint density at radius 1 is 0.611 bits per heavy atom. The first-order valence-electron chi connectivity index (χ1n) is 9.73. The predicted octanol–water partition coefficient (Wildman–Crippen LogP) is 1.71. The van der Waals surface area contributed by atoms with E-state index in [0.717, 1.165) is 28.4 Å². The van der Waals surface area contributed by atoms with Crippen LogP contribution in [-0.4, -0.2) is 103 Å². The van der Waals surface area contributed by atoms with E-state index in [9.17, 15) is 45.5 Å². The van der Waals surface area contributed by atoms with E-state index in [1.165, 1.54) is 0 Å². The molecule has 0 saturated carbocycles. The first-order chi connectivity index (χ1) is 16.6. The standard InChI is InChI=1S/2C9H14F3NO5/c2*1-16-7(14)6(13-8(15)17-2)3-4-18-5-9(10,11)12/h2*6H,3-5H2,1-2H3,(H,13,15). The van der Waals surface area contributed by atoms with Gasteiger partial charge in [-0.3, -0.25) is 0 Å². The van der Waals surface area contributed by atoms with Crippen LogP contribution >= 0.6 is 0 Å². The van der Waals surface area contributed by atoms with E-state index in [-0.39, 0.29) is 26.1 Å². The van der Waals surface area contributed by atoms with Crippen molar-refractivity contribution in [2.45, 2.75) is 37.3 Å².